The van der Waals surface area contributed by atoms with E-state index in [0.29, 0.717) is 0 Å². The van der Waals surface area contributed by atoms with Crippen LogP contribution in [0.1, 0.15) is 21.6 Å². The summed E-state index contributed by atoms with van der Waals surface area (Å²) in [7, 11) is 0. The highest BCUT2D eigenvalue weighted by atomic mass is 16.5. The summed E-state index contributed by atoms with van der Waals surface area (Å²) in [5.74, 6) is -1.23. The summed E-state index contributed by atoms with van der Waals surface area (Å²) in [4.78, 5) is 23.2. The Kier molecular flexibility index (Phi) is 5.32. The first-order valence-corrected chi connectivity index (χ1v) is 6.92. The zero-order chi connectivity index (χ0) is 16.8. The Morgan fingerprint density at radius 1 is 1.30 bits per heavy atom. The number of aromatic nitrogens is 2. The van der Waals surface area contributed by atoms with Crippen molar-refractivity contribution >= 4 is 17.9 Å². The lowest BCUT2D eigenvalue weighted by atomic mass is 10.2. The highest BCUT2D eigenvalue weighted by molar-refractivity contribution is 5.98. The zero-order valence-corrected chi connectivity index (χ0v) is 12.5. The Labute approximate surface area is 132 Å². The first-order valence-electron chi connectivity index (χ1n) is 6.92. The van der Waals surface area contributed by atoms with Gasteiger partial charge in [0.2, 0.25) is 0 Å². The SMILES string of the molecule is Cc1nn(CCO)c(NC(=O)OCc2ccccc2)c1C(=O)O. The maximum absolute atomic E-state index is 11.9. The minimum absolute atomic E-state index is 0.0119. The molecule has 2 rings (SSSR count). The minimum Gasteiger partial charge on any atom is -0.477 e. The van der Waals surface area contributed by atoms with Gasteiger partial charge in [0, 0.05) is 0 Å². The van der Waals surface area contributed by atoms with E-state index in [1.165, 1.54) is 11.6 Å². The van der Waals surface area contributed by atoms with E-state index >= 15 is 0 Å². The van der Waals surface area contributed by atoms with Crippen LogP contribution in [0, 0.1) is 6.92 Å². The quantitative estimate of drug-likeness (QED) is 0.745. The summed E-state index contributed by atoms with van der Waals surface area (Å²) in [6.45, 7) is 1.39. The number of rotatable bonds is 6. The number of benzene rings is 1. The fourth-order valence-electron chi connectivity index (χ4n) is 2.08. The summed E-state index contributed by atoms with van der Waals surface area (Å²) in [5.41, 5.74) is 0.917. The number of aryl methyl sites for hydroxylation is 1. The van der Waals surface area contributed by atoms with Crippen LogP contribution in [-0.2, 0) is 17.9 Å². The van der Waals surface area contributed by atoms with Crippen LogP contribution in [0.15, 0.2) is 30.3 Å². The van der Waals surface area contributed by atoms with Crippen LogP contribution in [0.25, 0.3) is 0 Å². The maximum atomic E-state index is 11.9. The number of anilines is 1. The Morgan fingerprint density at radius 3 is 2.61 bits per heavy atom. The molecule has 23 heavy (non-hydrogen) atoms. The number of nitrogens with one attached hydrogen (secondary N) is 1. The number of carboxylic acids is 1. The fraction of sp³-hybridized carbons (Fsp3) is 0.267. The molecule has 8 heteroatoms. The Balaban J connectivity index is 2.11. The van der Waals surface area contributed by atoms with Crippen molar-refractivity contribution in [2.24, 2.45) is 0 Å². The van der Waals surface area contributed by atoms with Gasteiger partial charge in [0.05, 0.1) is 18.8 Å². The summed E-state index contributed by atoms with van der Waals surface area (Å²) in [6.07, 6.45) is -0.796. The molecule has 0 atom stereocenters. The number of carbonyl (C=O) groups is 2. The van der Waals surface area contributed by atoms with Crippen LogP contribution in [0.4, 0.5) is 10.6 Å². The van der Waals surface area contributed by atoms with Crippen LogP contribution < -0.4 is 5.32 Å². The van der Waals surface area contributed by atoms with E-state index in [-0.39, 0.29) is 36.8 Å². The van der Waals surface area contributed by atoms with Crippen LogP contribution in [0.3, 0.4) is 0 Å². The standard InChI is InChI=1S/C15H17N3O5/c1-10-12(14(20)21)13(18(17-10)7-8-19)16-15(22)23-9-11-5-3-2-4-6-11/h2-6,19H,7-9H2,1H3,(H,16,22)(H,20,21). The molecule has 122 valence electrons. The topological polar surface area (TPSA) is 114 Å². The van der Waals surface area contributed by atoms with E-state index in [1.807, 2.05) is 18.2 Å². The van der Waals surface area contributed by atoms with Gasteiger partial charge < -0.3 is 14.9 Å². The van der Waals surface area contributed by atoms with Crippen LogP contribution in [0.2, 0.25) is 0 Å². The second-order valence-electron chi connectivity index (χ2n) is 4.75. The Hall–Kier alpha value is -2.87. The van der Waals surface area contributed by atoms with Gasteiger partial charge in [0.1, 0.15) is 18.0 Å². The van der Waals surface area contributed by atoms with Crippen molar-refractivity contribution in [1.29, 1.82) is 0 Å². The number of aromatic carboxylic acids is 1. The molecule has 0 bridgehead atoms. The van der Waals surface area contributed by atoms with E-state index in [2.05, 4.69) is 10.4 Å². The van der Waals surface area contributed by atoms with E-state index in [9.17, 15) is 14.7 Å². The van der Waals surface area contributed by atoms with E-state index < -0.39 is 12.1 Å². The molecular weight excluding hydrogens is 302 g/mol. The molecule has 0 aliphatic rings. The van der Waals surface area contributed by atoms with E-state index in [0.717, 1.165) is 5.56 Å². The molecule has 8 nitrogen and oxygen atoms in total. The smallest absolute Gasteiger partial charge is 0.413 e. The average Bonchev–Trinajstić information content (AvgIpc) is 2.82. The molecule has 0 fully saturated rings. The lowest BCUT2D eigenvalue weighted by Crippen LogP contribution is -2.19. The van der Waals surface area contributed by atoms with Crippen molar-refractivity contribution in [3.8, 4) is 0 Å². The first-order chi connectivity index (χ1) is 11.0. The highest BCUT2D eigenvalue weighted by Gasteiger charge is 2.23. The number of carboxylic acid groups (broad SMARTS) is 1. The molecule has 0 spiro atoms. The predicted octanol–water partition coefficient (Wildman–Crippen LogP) is 1.63. The number of hydrogen-bond donors (Lipinski definition) is 3. The molecule has 2 aromatic rings. The molecule has 1 heterocycles. The second-order valence-corrected chi connectivity index (χ2v) is 4.75. The number of amides is 1. The first kappa shape index (κ1) is 16.5. The lowest BCUT2D eigenvalue weighted by molar-refractivity contribution is 0.0697. The van der Waals surface area contributed by atoms with E-state index in [1.54, 1.807) is 12.1 Å². The predicted molar refractivity (Wildman–Crippen MR) is 81.3 cm³/mol. The molecule has 0 saturated heterocycles. The number of ether oxygens (including phenoxy) is 1. The van der Waals surface area contributed by atoms with Crippen molar-refractivity contribution in [2.45, 2.75) is 20.1 Å². The molecule has 3 N–H and O–H groups in total. The third-order valence-electron chi connectivity index (χ3n) is 3.09. The van der Waals surface area contributed by atoms with Gasteiger partial charge in [-0.3, -0.25) is 5.32 Å². The van der Waals surface area contributed by atoms with Crippen molar-refractivity contribution in [2.75, 3.05) is 11.9 Å². The molecule has 0 radical (unpaired) electrons. The lowest BCUT2D eigenvalue weighted by Gasteiger charge is -2.10. The zero-order valence-electron chi connectivity index (χ0n) is 12.5. The summed E-state index contributed by atoms with van der Waals surface area (Å²) >= 11 is 0. The molecule has 1 aromatic heterocycles. The Morgan fingerprint density at radius 2 is 2.00 bits per heavy atom. The van der Waals surface area contributed by atoms with Crippen molar-refractivity contribution in [3.63, 3.8) is 0 Å². The normalized spacial score (nSPS) is 10.3. The maximum Gasteiger partial charge on any atom is 0.413 e. The van der Waals surface area contributed by atoms with Crippen molar-refractivity contribution < 1.29 is 24.5 Å². The van der Waals surface area contributed by atoms with Gasteiger partial charge in [-0.2, -0.15) is 5.10 Å². The van der Waals surface area contributed by atoms with Gasteiger partial charge in [-0.1, -0.05) is 30.3 Å². The van der Waals surface area contributed by atoms with Gasteiger partial charge in [-0.15, -0.1) is 0 Å². The molecule has 0 aliphatic heterocycles. The molecule has 0 saturated carbocycles. The number of aliphatic hydroxyl groups excluding tert-OH is 1. The molecule has 0 aliphatic carbocycles. The van der Waals surface area contributed by atoms with Gasteiger partial charge >= 0.3 is 12.1 Å². The van der Waals surface area contributed by atoms with Crippen molar-refractivity contribution in [3.05, 3.63) is 47.2 Å². The monoisotopic (exact) mass is 319 g/mol. The van der Waals surface area contributed by atoms with Gasteiger partial charge in [-0.05, 0) is 12.5 Å². The number of aliphatic hydroxyl groups is 1. The van der Waals surface area contributed by atoms with Crippen molar-refractivity contribution in [1.82, 2.24) is 9.78 Å². The molecule has 0 unspecified atom stereocenters. The molecule has 1 aromatic carbocycles. The second kappa shape index (κ2) is 7.41. The summed E-state index contributed by atoms with van der Waals surface area (Å²) in [6, 6.07) is 9.09. The number of hydrogen-bond acceptors (Lipinski definition) is 5. The van der Waals surface area contributed by atoms with Crippen LogP contribution >= 0.6 is 0 Å². The van der Waals surface area contributed by atoms with Gasteiger partial charge in [-0.25, -0.2) is 14.3 Å². The average molecular weight is 319 g/mol. The number of carbonyl (C=O) groups excluding carboxylic acids is 1. The fourth-order valence-corrected chi connectivity index (χ4v) is 2.08. The van der Waals surface area contributed by atoms with Crippen LogP contribution in [-0.4, -0.2) is 38.7 Å². The largest absolute Gasteiger partial charge is 0.477 e. The minimum atomic E-state index is -1.22. The highest BCUT2D eigenvalue weighted by Crippen LogP contribution is 2.20. The number of nitrogens with zero attached hydrogens (tertiary/aromatic N) is 2. The third kappa shape index (κ3) is 4.07. The Bertz CT molecular complexity index is 697. The third-order valence-corrected chi connectivity index (χ3v) is 3.09. The van der Waals surface area contributed by atoms with E-state index in [4.69, 9.17) is 9.84 Å². The molecule has 1 amide bonds. The van der Waals surface area contributed by atoms with Gasteiger partial charge in [0.25, 0.3) is 0 Å². The molecular formula is C15H17N3O5. The summed E-state index contributed by atoms with van der Waals surface area (Å²) < 4.78 is 6.29. The van der Waals surface area contributed by atoms with Gasteiger partial charge in [0.15, 0.2) is 0 Å². The van der Waals surface area contributed by atoms with Crippen LogP contribution in [0.5, 0.6) is 0 Å². The summed E-state index contributed by atoms with van der Waals surface area (Å²) in [5, 5.41) is 24.6.